The first-order valence-corrected chi connectivity index (χ1v) is 11.1. The van der Waals surface area contributed by atoms with E-state index < -0.39 is 0 Å². The predicted octanol–water partition coefficient (Wildman–Crippen LogP) is 4.24. The predicted molar refractivity (Wildman–Crippen MR) is 128 cm³/mol. The molecule has 2 aromatic heterocycles. The maximum Gasteiger partial charge on any atom is 0.368 e. The third-order valence-electron chi connectivity index (χ3n) is 5.11. The summed E-state index contributed by atoms with van der Waals surface area (Å²) < 4.78 is 9.68. The number of thiophene rings is 1. The lowest BCUT2D eigenvalue weighted by Crippen LogP contribution is -2.23. The number of nitrogens with zero attached hydrogens (tertiary/aromatic N) is 6. The van der Waals surface area contributed by atoms with Crippen molar-refractivity contribution in [3.8, 4) is 5.69 Å². The molecule has 0 saturated heterocycles. The zero-order valence-electron chi connectivity index (χ0n) is 18.4. The molecule has 0 aliphatic carbocycles. The highest BCUT2D eigenvalue weighted by molar-refractivity contribution is 7.20. The van der Waals surface area contributed by atoms with Crippen molar-refractivity contribution < 1.29 is 4.74 Å². The molecule has 0 bridgehead atoms. The smallest absolute Gasteiger partial charge is 0.368 e. The highest BCUT2D eigenvalue weighted by Crippen LogP contribution is 2.26. The van der Waals surface area contributed by atoms with E-state index in [1.165, 1.54) is 19.4 Å². The highest BCUT2D eigenvalue weighted by atomic mass is 32.1. The van der Waals surface area contributed by atoms with Crippen molar-refractivity contribution in [2.75, 3.05) is 0 Å². The molecule has 0 unspecified atom stereocenters. The molecule has 2 heterocycles. The molecule has 0 N–H and O–H groups in total. The SMILES string of the molecule is CC/C(=N\N=C(C)c1cc2ccccc2s1)OCc1c(C)cccc1-n1nnn(C)c1=O. The normalized spacial score (nSPS) is 12.5. The second-order valence-corrected chi connectivity index (χ2v) is 8.42. The maximum absolute atomic E-state index is 12.3. The van der Waals surface area contributed by atoms with Crippen molar-refractivity contribution in [3.63, 3.8) is 0 Å². The molecule has 164 valence electrons. The number of aryl methyl sites for hydroxylation is 2. The molecule has 9 heteroatoms. The summed E-state index contributed by atoms with van der Waals surface area (Å²) in [6.07, 6.45) is 0.593. The van der Waals surface area contributed by atoms with Gasteiger partial charge in [0.2, 0.25) is 5.90 Å². The Morgan fingerprint density at radius 1 is 1.12 bits per heavy atom. The molecule has 0 aliphatic rings. The van der Waals surface area contributed by atoms with Crippen LogP contribution in [0.2, 0.25) is 0 Å². The topological polar surface area (TPSA) is 86.7 Å². The Balaban J connectivity index is 1.56. The van der Waals surface area contributed by atoms with Gasteiger partial charge in [0.05, 0.1) is 16.3 Å². The first-order valence-electron chi connectivity index (χ1n) is 10.3. The Morgan fingerprint density at radius 2 is 1.94 bits per heavy atom. The molecule has 2 aromatic carbocycles. The van der Waals surface area contributed by atoms with Crippen molar-refractivity contribution >= 4 is 33.0 Å². The van der Waals surface area contributed by atoms with Crippen LogP contribution in [0, 0.1) is 6.92 Å². The average molecular weight is 449 g/mol. The van der Waals surface area contributed by atoms with Crippen molar-refractivity contribution in [3.05, 3.63) is 75.0 Å². The largest absolute Gasteiger partial charge is 0.475 e. The van der Waals surface area contributed by atoms with E-state index in [1.807, 2.05) is 51.1 Å². The van der Waals surface area contributed by atoms with Gasteiger partial charge in [0.1, 0.15) is 6.61 Å². The van der Waals surface area contributed by atoms with E-state index in [9.17, 15) is 4.79 Å². The van der Waals surface area contributed by atoms with Crippen molar-refractivity contribution in [1.29, 1.82) is 0 Å². The molecule has 8 nitrogen and oxygen atoms in total. The lowest BCUT2D eigenvalue weighted by molar-refractivity contribution is 0.282. The van der Waals surface area contributed by atoms with E-state index in [-0.39, 0.29) is 12.3 Å². The van der Waals surface area contributed by atoms with Crippen LogP contribution in [0.1, 0.15) is 36.3 Å². The minimum absolute atomic E-state index is 0.245. The Kier molecular flexibility index (Phi) is 6.27. The minimum atomic E-state index is -0.315. The van der Waals surface area contributed by atoms with Gasteiger partial charge in [-0.25, -0.2) is 4.79 Å². The van der Waals surface area contributed by atoms with E-state index in [2.05, 4.69) is 38.8 Å². The molecule has 0 radical (unpaired) electrons. The molecule has 0 spiro atoms. The summed E-state index contributed by atoms with van der Waals surface area (Å²) in [5, 5.41) is 17.7. The van der Waals surface area contributed by atoms with Crippen LogP contribution in [0.3, 0.4) is 0 Å². The number of benzene rings is 2. The molecule has 0 amide bonds. The summed E-state index contributed by atoms with van der Waals surface area (Å²) in [5.41, 5.74) is 3.00. The lowest BCUT2D eigenvalue weighted by atomic mass is 10.1. The van der Waals surface area contributed by atoms with Gasteiger partial charge in [0.25, 0.3) is 0 Å². The number of fused-ring (bicyclic) bond motifs is 1. The molecule has 0 fully saturated rings. The van der Waals surface area contributed by atoms with Crippen LogP contribution >= 0.6 is 11.3 Å². The van der Waals surface area contributed by atoms with Gasteiger partial charge in [-0.05, 0) is 53.4 Å². The van der Waals surface area contributed by atoms with Gasteiger partial charge in [-0.3, -0.25) is 0 Å². The minimum Gasteiger partial charge on any atom is -0.475 e. The molecular weight excluding hydrogens is 424 g/mol. The Morgan fingerprint density at radius 3 is 2.66 bits per heavy atom. The summed E-state index contributed by atoms with van der Waals surface area (Å²) in [6, 6.07) is 16.1. The molecular formula is C23H24N6O2S. The Hall–Kier alpha value is -3.59. The first-order chi connectivity index (χ1) is 15.5. The lowest BCUT2D eigenvalue weighted by Gasteiger charge is -2.13. The van der Waals surface area contributed by atoms with E-state index in [0.29, 0.717) is 18.0 Å². The number of tetrazole rings is 1. The van der Waals surface area contributed by atoms with E-state index in [4.69, 9.17) is 4.74 Å². The fraction of sp³-hybridized carbons (Fsp3) is 0.261. The summed E-state index contributed by atoms with van der Waals surface area (Å²) in [5.74, 6) is 0.520. The number of hydrogen-bond acceptors (Lipinski definition) is 7. The molecule has 32 heavy (non-hydrogen) atoms. The Labute approximate surface area is 189 Å². The molecule has 0 aliphatic heterocycles. The van der Waals surface area contributed by atoms with Crippen LogP contribution in [0.4, 0.5) is 0 Å². The highest BCUT2D eigenvalue weighted by Gasteiger charge is 2.14. The zero-order valence-corrected chi connectivity index (χ0v) is 19.3. The van der Waals surface area contributed by atoms with Crippen molar-refractivity contribution in [2.45, 2.75) is 33.8 Å². The van der Waals surface area contributed by atoms with Crippen LogP contribution in [0.15, 0.2) is 63.5 Å². The molecule has 4 rings (SSSR count). The van der Waals surface area contributed by atoms with E-state index in [1.54, 1.807) is 18.4 Å². The van der Waals surface area contributed by atoms with Crippen LogP contribution < -0.4 is 5.69 Å². The maximum atomic E-state index is 12.3. The third-order valence-corrected chi connectivity index (χ3v) is 6.34. The zero-order chi connectivity index (χ0) is 22.7. The van der Waals surface area contributed by atoms with Crippen LogP contribution in [0.25, 0.3) is 15.8 Å². The Bertz CT molecular complexity index is 1350. The van der Waals surface area contributed by atoms with Gasteiger partial charge < -0.3 is 4.74 Å². The summed E-state index contributed by atoms with van der Waals surface area (Å²) in [6.45, 7) is 6.13. The molecule has 0 atom stereocenters. The van der Waals surface area contributed by atoms with Gasteiger partial charge in [-0.1, -0.05) is 37.3 Å². The van der Waals surface area contributed by atoms with E-state index >= 15 is 0 Å². The van der Waals surface area contributed by atoms with Gasteiger partial charge in [-0.15, -0.1) is 16.4 Å². The van der Waals surface area contributed by atoms with Gasteiger partial charge >= 0.3 is 5.69 Å². The third kappa shape index (κ3) is 4.38. The number of ether oxygens (including phenoxy) is 1. The second kappa shape index (κ2) is 9.27. The molecule has 4 aromatic rings. The standard InChI is InChI=1S/C23H24N6O2S/c1-5-22(25-24-16(3)21-13-17-10-6-7-12-20(17)32-21)31-14-18-15(2)9-8-11-19(18)29-23(30)28(4)26-27-29/h6-13H,5,14H2,1-4H3/b24-16?,25-22+. The number of rotatable bonds is 6. The van der Waals surface area contributed by atoms with Crippen molar-refractivity contribution in [1.82, 2.24) is 19.8 Å². The van der Waals surface area contributed by atoms with Crippen molar-refractivity contribution in [2.24, 2.45) is 17.3 Å². The number of aromatic nitrogens is 4. The number of hydrogen-bond donors (Lipinski definition) is 0. The average Bonchev–Trinajstić information content (AvgIpc) is 3.38. The summed E-state index contributed by atoms with van der Waals surface area (Å²) in [4.78, 5) is 13.4. The fourth-order valence-electron chi connectivity index (χ4n) is 3.24. The van der Waals surface area contributed by atoms with Gasteiger partial charge in [0.15, 0.2) is 0 Å². The van der Waals surface area contributed by atoms with Gasteiger partial charge in [0, 0.05) is 23.7 Å². The first kappa shape index (κ1) is 21.6. The summed E-state index contributed by atoms with van der Waals surface area (Å²) >= 11 is 1.69. The monoisotopic (exact) mass is 448 g/mol. The fourth-order valence-corrected chi connectivity index (χ4v) is 4.24. The quantitative estimate of drug-likeness (QED) is 0.251. The van der Waals surface area contributed by atoms with Crippen LogP contribution in [0.5, 0.6) is 0 Å². The van der Waals surface area contributed by atoms with Gasteiger partial charge in [-0.2, -0.15) is 14.5 Å². The van der Waals surface area contributed by atoms with Crippen LogP contribution in [-0.2, 0) is 18.4 Å². The van der Waals surface area contributed by atoms with E-state index in [0.717, 1.165) is 21.7 Å². The molecule has 0 saturated carbocycles. The summed E-state index contributed by atoms with van der Waals surface area (Å²) in [7, 11) is 1.57. The van der Waals surface area contributed by atoms with Crippen LogP contribution in [-0.4, -0.2) is 31.4 Å². The second-order valence-electron chi connectivity index (χ2n) is 7.34.